The van der Waals surface area contributed by atoms with Crippen LogP contribution in [-0.2, 0) is 4.79 Å². The Hall–Kier alpha value is -1.56. The van der Waals surface area contributed by atoms with Crippen LogP contribution in [0.5, 0.6) is 0 Å². The normalized spacial score (nSPS) is 19.2. The van der Waals surface area contributed by atoms with E-state index in [-0.39, 0.29) is 18.5 Å². The quantitative estimate of drug-likeness (QED) is 0.727. The van der Waals surface area contributed by atoms with E-state index in [0.29, 0.717) is 0 Å². The van der Waals surface area contributed by atoms with Crippen molar-refractivity contribution in [1.29, 1.82) is 5.26 Å². The lowest BCUT2D eigenvalue weighted by atomic mass is 10.0. The van der Waals surface area contributed by atoms with Crippen LogP contribution in [-0.4, -0.2) is 60.0 Å². The number of hydrogen-bond acceptors (Lipinski definition) is 4. The van der Waals surface area contributed by atoms with Crippen molar-refractivity contribution in [2.24, 2.45) is 0 Å². The van der Waals surface area contributed by atoms with E-state index in [0.717, 1.165) is 26.2 Å². The second kappa shape index (κ2) is 6.56. The Kier molecular flexibility index (Phi) is 5.35. The van der Waals surface area contributed by atoms with Crippen LogP contribution < -0.4 is 5.32 Å². The Labute approximate surface area is 115 Å². The average molecular weight is 262 g/mol. The van der Waals surface area contributed by atoms with Gasteiger partial charge in [0.25, 0.3) is 0 Å². The maximum Gasteiger partial charge on any atom is 0.237 e. The van der Waals surface area contributed by atoms with Crippen LogP contribution in [0.2, 0.25) is 0 Å². The first-order valence-electron chi connectivity index (χ1n) is 6.54. The second-order valence-corrected chi connectivity index (χ2v) is 5.29. The predicted octanol–water partition coefficient (Wildman–Crippen LogP) is 0.0441. The Morgan fingerprint density at radius 3 is 2.47 bits per heavy atom. The van der Waals surface area contributed by atoms with Crippen molar-refractivity contribution in [3.8, 4) is 18.4 Å². The maximum atomic E-state index is 11.8. The summed E-state index contributed by atoms with van der Waals surface area (Å²) in [5.41, 5.74) is -0.443. The van der Waals surface area contributed by atoms with Gasteiger partial charge in [-0.2, -0.15) is 5.26 Å². The molecule has 0 aromatic carbocycles. The molecule has 1 saturated heterocycles. The molecule has 0 saturated carbocycles. The number of carbonyl (C=O) groups is 1. The van der Waals surface area contributed by atoms with E-state index >= 15 is 0 Å². The number of nitriles is 1. The van der Waals surface area contributed by atoms with Gasteiger partial charge in [-0.25, -0.2) is 0 Å². The van der Waals surface area contributed by atoms with Gasteiger partial charge in [-0.15, -0.1) is 6.42 Å². The van der Waals surface area contributed by atoms with Crippen molar-refractivity contribution in [2.75, 3.05) is 32.7 Å². The Morgan fingerprint density at radius 1 is 1.42 bits per heavy atom. The lowest BCUT2D eigenvalue weighted by molar-refractivity contribution is -0.126. The molecule has 1 atom stereocenters. The molecular formula is C14H22N4O. The Balaban J connectivity index is 2.48. The highest BCUT2D eigenvalue weighted by Crippen LogP contribution is 2.16. The van der Waals surface area contributed by atoms with Crippen LogP contribution in [0, 0.1) is 23.7 Å². The van der Waals surface area contributed by atoms with Gasteiger partial charge in [0.1, 0.15) is 5.54 Å². The van der Waals surface area contributed by atoms with E-state index in [1.807, 2.05) is 20.8 Å². The van der Waals surface area contributed by atoms with Crippen LogP contribution in [0.4, 0.5) is 0 Å². The summed E-state index contributed by atoms with van der Waals surface area (Å²) in [4.78, 5) is 16.1. The van der Waals surface area contributed by atoms with Crippen molar-refractivity contribution >= 4 is 5.91 Å². The van der Waals surface area contributed by atoms with Crippen molar-refractivity contribution in [1.82, 2.24) is 15.1 Å². The summed E-state index contributed by atoms with van der Waals surface area (Å²) in [6.45, 7) is 9.17. The van der Waals surface area contributed by atoms with Crippen LogP contribution in [0.15, 0.2) is 0 Å². The molecule has 19 heavy (non-hydrogen) atoms. The largest absolute Gasteiger partial charge is 0.344 e. The molecule has 1 unspecified atom stereocenters. The average Bonchev–Trinajstić information content (AvgIpc) is 2.44. The minimum atomic E-state index is -0.443. The molecule has 1 rings (SSSR count). The van der Waals surface area contributed by atoms with Crippen molar-refractivity contribution in [2.45, 2.75) is 32.4 Å². The van der Waals surface area contributed by atoms with E-state index in [2.05, 4.69) is 27.1 Å². The van der Waals surface area contributed by atoms with Gasteiger partial charge >= 0.3 is 0 Å². The molecule has 0 aromatic rings. The smallest absolute Gasteiger partial charge is 0.237 e. The minimum absolute atomic E-state index is 0.0362. The van der Waals surface area contributed by atoms with Gasteiger partial charge in [0.15, 0.2) is 0 Å². The first kappa shape index (κ1) is 15.5. The monoisotopic (exact) mass is 262 g/mol. The number of piperazine rings is 1. The SMILES string of the molecule is C#CCNC(=O)C(C)N1CCN(C(C)(C)C#N)CC1. The van der Waals surface area contributed by atoms with Crippen LogP contribution in [0.1, 0.15) is 20.8 Å². The molecule has 5 nitrogen and oxygen atoms in total. The van der Waals surface area contributed by atoms with Crippen LogP contribution in [0.25, 0.3) is 0 Å². The summed E-state index contributed by atoms with van der Waals surface area (Å²) in [5.74, 6) is 2.36. The first-order chi connectivity index (χ1) is 8.92. The molecule has 0 bridgehead atoms. The van der Waals surface area contributed by atoms with Gasteiger partial charge < -0.3 is 5.32 Å². The third kappa shape index (κ3) is 3.96. The molecule has 1 amide bonds. The molecule has 104 valence electrons. The van der Waals surface area contributed by atoms with E-state index in [4.69, 9.17) is 11.7 Å². The highest BCUT2D eigenvalue weighted by molar-refractivity contribution is 5.81. The van der Waals surface area contributed by atoms with Crippen molar-refractivity contribution in [3.05, 3.63) is 0 Å². The number of rotatable bonds is 4. The number of carbonyl (C=O) groups excluding carboxylic acids is 1. The zero-order chi connectivity index (χ0) is 14.5. The predicted molar refractivity (Wildman–Crippen MR) is 74.1 cm³/mol. The molecule has 1 fully saturated rings. The summed E-state index contributed by atoms with van der Waals surface area (Å²) in [7, 11) is 0. The van der Waals surface area contributed by atoms with Gasteiger partial charge in [-0.3, -0.25) is 14.6 Å². The fourth-order valence-electron chi connectivity index (χ4n) is 2.19. The number of terminal acetylenes is 1. The maximum absolute atomic E-state index is 11.8. The third-order valence-corrected chi connectivity index (χ3v) is 3.67. The molecule has 0 aliphatic carbocycles. The third-order valence-electron chi connectivity index (χ3n) is 3.67. The summed E-state index contributed by atoms with van der Waals surface area (Å²) in [6.07, 6.45) is 5.12. The number of nitrogens with one attached hydrogen (secondary N) is 1. The topological polar surface area (TPSA) is 59.4 Å². The first-order valence-corrected chi connectivity index (χ1v) is 6.54. The van der Waals surface area contributed by atoms with Gasteiger partial charge in [-0.1, -0.05) is 5.92 Å². The Bertz CT molecular complexity index is 397. The van der Waals surface area contributed by atoms with Gasteiger partial charge in [0.05, 0.1) is 18.7 Å². The minimum Gasteiger partial charge on any atom is -0.344 e. The van der Waals surface area contributed by atoms with E-state index in [1.165, 1.54) is 0 Å². The zero-order valence-electron chi connectivity index (χ0n) is 11.9. The lowest BCUT2D eigenvalue weighted by Gasteiger charge is -2.42. The number of amides is 1. The highest BCUT2D eigenvalue weighted by Gasteiger charge is 2.32. The molecule has 1 aliphatic rings. The molecular weight excluding hydrogens is 240 g/mol. The molecule has 1 heterocycles. The molecule has 5 heteroatoms. The van der Waals surface area contributed by atoms with E-state index in [9.17, 15) is 4.79 Å². The van der Waals surface area contributed by atoms with E-state index < -0.39 is 5.54 Å². The molecule has 0 radical (unpaired) electrons. The lowest BCUT2D eigenvalue weighted by Crippen LogP contribution is -2.58. The van der Waals surface area contributed by atoms with Crippen LogP contribution >= 0.6 is 0 Å². The second-order valence-electron chi connectivity index (χ2n) is 5.29. The Morgan fingerprint density at radius 2 is 2.00 bits per heavy atom. The van der Waals surface area contributed by atoms with Crippen LogP contribution in [0.3, 0.4) is 0 Å². The molecule has 1 N–H and O–H groups in total. The van der Waals surface area contributed by atoms with Gasteiger partial charge in [-0.05, 0) is 20.8 Å². The zero-order valence-corrected chi connectivity index (χ0v) is 11.9. The molecule has 0 aromatic heterocycles. The highest BCUT2D eigenvalue weighted by atomic mass is 16.2. The van der Waals surface area contributed by atoms with Gasteiger partial charge in [0, 0.05) is 26.2 Å². The summed E-state index contributed by atoms with van der Waals surface area (Å²) in [6, 6.07) is 2.13. The fraction of sp³-hybridized carbons (Fsp3) is 0.714. The fourth-order valence-corrected chi connectivity index (χ4v) is 2.19. The standard InChI is InChI=1S/C14H22N4O/c1-5-6-16-13(19)12(2)17-7-9-18(10-8-17)14(3,4)11-15/h1,12H,6-10H2,2-4H3,(H,16,19). The van der Waals surface area contributed by atoms with Crippen molar-refractivity contribution < 1.29 is 4.79 Å². The van der Waals surface area contributed by atoms with E-state index in [1.54, 1.807) is 0 Å². The number of hydrogen-bond donors (Lipinski definition) is 1. The van der Waals surface area contributed by atoms with Crippen molar-refractivity contribution in [3.63, 3.8) is 0 Å². The molecule has 1 aliphatic heterocycles. The summed E-state index contributed by atoms with van der Waals surface area (Å²) in [5, 5.41) is 11.8. The summed E-state index contributed by atoms with van der Waals surface area (Å²) >= 11 is 0. The van der Waals surface area contributed by atoms with Gasteiger partial charge in [0.2, 0.25) is 5.91 Å². The molecule has 0 spiro atoms. The number of nitrogens with zero attached hydrogens (tertiary/aromatic N) is 3. The summed E-state index contributed by atoms with van der Waals surface area (Å²) < 4.78 is 0.